The van der Waals surface area contributed by atoms with E-state index in [0.717, 1.165) is 6.08 Å². The van der Waals surface area contributed by atoms with Gasteiger partial charge in [0.05, 0.1) is 19.1 Å². The molecule has 1 aromatic carbocycles. The first-order valence-electron chi connectivity index (χ1n) is 6.04. The first-order valence-corrected chi connectivity index (χ1v) is 6.04. The highest BCUT2D eigenvalue weighted by Crippen LogP contribution is 2.26. The number of furan rings is 1. The van der Waals surface area contributed by atoms with Gasteiger partial charge < -0.3 is 19.6 Å². The summed E-state index contributed by atoms with van der Waals surface area (Å²) >= 11 is 0. The Morgan fingerprint density at radius 2 is 2.14 bits per heavy atom. The molecule has 0 saturated carbocycles. The number of carboxylic acids is 1. The largest absolute Gasteiger partial charge is 0.495 e. The molecule has 6 heteroatoms. The van der Waals surface area contributed by atoms with E-state index in [2.05, 4.69) is 5.32 Å². The zero-order chi connectivity index (χ0) is 15.2. The maximum absolute atomic E-state index is 11.9. The summed E-state index contributed by atoms with van der Waals surface area (Å²) in [7, 11) is 1.48. The number of anilines is 1. The normalized spacial score (nSPS) is 10.5. The summed E-state index contributed by atoms with van der Waals surface area (Å²) in [6.07, 6.45) is 3.84. The third kappa shape index (κ3) is 3.73. The van der Waals surface area contributed by atoms with Crippen LogP contribution in [-0.4, -0.2) is 24.1 Å². The van der Waals surface area contributed by atoms with Gasteiger partial charge in [-0.25, -0.2) is 4.79 Å². The predicted octanol–water partition coefficient (Wildman–Crippen LogP) is 2.64. The Labute approximate surface area is 120 Å². The highest BCUT2D eigenvalue weighted by Gasteiger charge is 2.12. The summed E-state index contributed by atoms with van der Waals surface area (Å²) < 4.78 is 10.2. The third-order valence-corrected chi connectivity index (χ3v) is 2.64. The van der Waals surface area contributed by atoms with Crippen molar-refractivity contribution in [3.05, 3.63) is 54.0 Å². The van der Waals surface area contributed by atoms with Crippen LogP contribution in [-0.2, 0) is 4.79 Å². The van der Waals surface area contributed by atoms with Crippen LogP contribution >= 0.6 is 0 Å². The van der Waals surface area contributed by atoms with Crippen LogP contribution in [0.3, 0.4) is 0 Å². The molecule has 0 atom stereocenters. The SMILES string of the molecule is COc1ccc(C=CC(=O)O)cc1NC(=O)c1ccco1. The van der Waals surface area contributed by atoms with Crippen molar-refractivity contribution in [1.29, 1.82) is 0 Å². The van der Waals surface area contributed by atoms with Crippen LogP contribution in [0.25, 0.3) is 6.08 Å². The van der Waals surface area contributed by atoms with Crippen LogP contribution in [0.15, 0.2) is 47.1 Å². The highest BCUT2D eigenvalue weighted by molar-refractivity contribution is 6.03. The average Bonchev–Trinajstić information content (AvgIpc) is 2.99. The first kappa shape index (κ1) is 14.4. The summed E-state index contributed by atoms with van der Waals surface area (Å²) in [5.41, 5.74) is 1.04. The molecule has 108 valence electrons. The zero-order valence-electron chi connectivity index (χ0n) is 11.2. The minimum atomic E-state index is -1.05. The summed E-state index contributed by atoms with van der Waals surface area (Å²) in [6, 6.07) is 8.08. The van der Waals surface area contributed by atoms with Crippen LogP contribution in [0.1, 0.15) is 16.1 Å². The molecule has 0 unspecified atom stereocenters. The number of methoxy groups -OCH3 is 1. The molecule has 2 rings (SSSR count). The molecule has 0 aliphatic heterocycles. The molecular weight excluding hydrogens is 274 g/mol. The van der Waals surface area contributed by atoms with Gasteiger partial charge in [0.15, 0.2) is 5.76 Å². The standard InChI is InChI=1S/C15H13NO5/c1-20-12-6-4-10(5-7-14(17)18)9-11(12)16-15(19)13-3-2-8-21-13/h2-9H,1H3,(H,16,19)(H,17,18). The molecule has 0 bridgehead atoms. The fourth-order valence-electron chi connectivity index (χ4n) is 1.69. The maximum Gasteiger partial charge on any atom is 0.328 e. The molecule has 21 heavy (non-hydrogen) atoms. The third-order valence-electron chi connectivity index (χ3n) is 2.64. The van der Waals surface area contributed by atoms with E-state index < -0.39 is 11.9 Å². The number of hydrogen-bond acceptors (Lipinski definition) is 4. The minimum Gasteiger partial charge on any atom is -0.495 e. The number of carboxylic acid groups (broad SMARTS) is 1. The summed E-state index contributed by atoms with van der Waals surface area (Å²) in [5.74, 6) is -0.837. The number of aliphatic carboxylic acids is 1. The fraction of sp³-hybridized carbons (Fsp3) is 0.0667. The van der Waals surface area contributed by atoms with E-state index in [1.165, 1.54) is 25.5 Å². The Morgan fingerprint density at radius 3 is 2.76 bits per heavy atom. The van der Waals surface area contributed by atoms with Crippen molar-refractivity contribution >= 4 is 23.6 Å². The lowest BCUT2D eigenvalue weighted by molar-refractivity contribution is -0.131. The molecule has 2 aromatic rings. The number of carbonyl (C=O) groups is 2. The topological polar surface area (TPSA) is 88.8 Å². The molecule has 0 fully saturated rings. The van der Waals surface area contributed by atoms with E-state index >= 15 is 0 Å². The van der Waals surface area contributed by atoms with E-state index in [1.807, 2.05) is 0 Å². The van der Waals surface area contributed by atoms with Gasteiger partial charge in [0.2, 0.25) is 0 Å². The molecule has 0 saturated heterocycles. The lowest BCUT2D eigenvalue weighted by atomic mass is 10.1. The van der Waals surface area contributed by atoms with Crippen LogP contribution in [0.2, 0.25) is 0 Å². The second kappa shape index (κ2) is 6.42. The Kier molecular flexibility index (Phi) is 4.40. The van der Waals surface area contributed by atoms with Crippen molar-refractivity contribution < 1.29 is 23.8 Å². The molecule has 1 aromatic heterocycles. The number of amides is 1. The molecule has 0 radical (unpaired) electrons. The molecule has 6 nitrogen and oxygen atoms in total. The Morgan fingerprint density at radius 1 is 1.33 bits per heavy atom. The molecule has 0 aliphatic carbocycles. The van der Waals surface area contributed by atoms with Crippen molar-refractivity contribution in [3.63, 3.8) is 0 Å². The van der Waals surface area contributed by atoms with Gasteiger partial charge in [-0.2, -0.15) is 0 Å². The highest BCUT2D eigenvalue weighted by atomic mass is 16.5. The number of hydrogen-bond donors (Lipinski definition) is 2. The summed E-state index contributed by atoms with van der Waals surface area (Å²) in [6.45, 7) is 0. The van der Waals surface area contributed by atoms with E-state index in [1.54, 1.807) is 24.3 Å². The van der Waals surface area contributed by atoms with Gasteiger partial charge in [0.25, 0.3) is 5.91 Å². The van der Waals surface area contributed by atoms with E-state index in [0.29, 0.717) is 17.0 Å². The van der Waals surface area contributed by atoms with Crippen LogP contribution in [0.5, 0.6) is 5.75 Å². The number of ether oxygens (including phenoxy) is 1. The average molecular weight is 287 g/mol. The van der Waals surface area contributed by atoms with Crippen LogP contribution in [0.4, 0.5) is 5.69 Å². The molecular formula is C15H13NO5. The molecule has 0 aliphatic rings. The Hall–Kier alpha value is -3.02. The minimum absolute atomic E-state index is 0.170. The number of nitrogens with one attached hydrogen (secondary N) is 1. The monoisotopic (exact) mass is 287 g/mol. The van der Waals surface area contributed by atoms with Gasteiger partial charge in [-0.05, 0) is 35.9 Å². The van der Waals surface area contributed by atoms with Crippen molar-refractivity contribution in [3.8, 4) is 5.75 Å². The van der Waals surface area contributed by atoms with Crippen molar-refractivity contribution in [2.24, 2.45) is 0 Å². The predicted molar refractivity (Wildman–Crippen MR) is 76.3 cm³/mol. The smallest absolute Gasteiger partial charge is 0.328 e. The molecule has 2 N–H and O–H groups in total. The zero-order valence-corrected chi connectivity index (χ0v) is 11.2. The van der Waals surface area contributed by atoms with Gasteiger partial charge in [-0.1, -0.05) is 6.07 Å². The van der Waals surface area contributed by atoms with Gasteiger partial charge in [0.1, 0.15) is 5.75 Å². The van der Waals surface area contributed by atoms with Crippen LogP contribution < -0.4 is 10.1 Å². The summed E-state index contributed by atoms with van der Waals surface area (Å²) in [5, 5.41) is 11.3. The van der Waals surface area contributed by atoms with E-state index in [-0.39, 0.29) is 5.76 Å². The molecule has 0 spiro atoms. The van der Waals surface area contributed by atoms with Gasteiger partial charge in [-0.3, -0.25) is 4.79 Å². The Balaban J connectivity index is 2.25. The van der Waals surface area contributed by atoms with Crippen molar-refractivity contribution in [2.45, 2.75) is 0 Å². The quantitative estimate of drug-likeness (QED) is 0.825. The van der Waals surface area contributed by atoms with E-state index in [9.17, 15) is 9.59 Å². The second-order valence-corrected chi connectivity index (χ2v) is 4.06. The van der Waals surface area contributed by atoms with E-state index in [4.69, 9.17) is 14.3 Å². The summed E-state index contributed by atoms with van der Waals surface area (Å²) in [4.78, 5) is 22.5. The molecule has 1 amide bonds. The van der Waals surface area contributed by atoms with Gasteiger partial charge in [0, 0.05) is 6.08 Å². The fourth-order valence-corrected chi connectivity index (χ4v) is 1.69. The lowest BCUT2D eigenvalue weighted by Crippen LogP contribution is -2.11. The number of rotatable bonds is 5. The van der Waals surface area contributed by atoms with Crippen molar-refractivity contribution in [2.75, 3.05) is 12.4 Å². The number of carbonyl (C=O) groups excluding carboxylic acids is 1. The second-order valence-electron chi connectivity index (χ2n) is 4.06. The Bertz CT molecular complexity index is 673. The molecule has 1 heterocycles. The van der Waals surface area contributed by atoms with Crippen LogP contribution in [0, 0.1) is 0 Å². The van der Waals surface area contributed by atoms with Crippen molar-refractivity contribution in [1.82, 2.24) is 0 Å². The lowest BCUT2D eigenvalue weighted by Gasteiger charge is -2.10. The van der Waals surface area contributed by atoms with Gasteiger partial charge in [-0.15, -0.1) is 0 Å². The number of benzene rings is 1. The maximum atomic E-state index is 11.9. The van der Waals surface area contributed by atoms with Gasteiger partial charge >= 0.3 is 5.97 Å². The first-order chi connectivity index (χ1) is 10.1.